The molecule has 28 heavy (non-hydrogen) atoms. The Morgan fingerprint density at radius 1 is 1.04 bits per heavy atom. The zero-order valence-electron chi connectivity index (χ0n) is 16.7. The molecule has 0 bridgehead atoms. The second-order valence-electron chi connectivity index (χ2n) is 6.69. The molecule has 0 aliphatic carbocycles. The lowest BCUT2D eigenvalue weighted by Crippen LogP contribution is -2.26. The highest BCUT2D eigenvalue weighted by Crippen LogP contribution is 2.19. The van der Waals surface area contributed by atoms with E-state index in [1.807, 2.05) is 26.8 Å². The van der Waals surface area contributed by atoms with E-state index in [0.717, 1.165) is 16.7 Å². The molecule has 0 radical (unpaired) electrons. The van der Waals surface area contributed by atoms with E-state index in [1.165, 1.54) is 31.2 Å². The molecule has 0 heterocycles. The van der Waals surface area contributed by atoms with E-state index in [-0.39, 0.29) is 22.8 Å². The molecule has 0 aliphatic rings. The van der Waals surface area contributed by atoms with Gasteiger partial charge in [-0.3, -0.25) is 4.79 Å². The van der Waals surface area contributed by atoms with Crippen molar-refractivity contribution in [3.8, 4) is 0 Å². The summed E-state index contributed by atoms with van der Waals surface area (Å²) in [5, 5.41) is 0. The number of ether oxygens (including phenoxy) is 1. The summed E-state index contributed by atoms with van der Waals surface area (Å²) in [4.78, 5) is 25.1. The second kappa shape index (κ2) is 8.67. The van der Waals surface area contributed by atoms with Gasteiger partial charge in [0.15, 0.2) is 6.10 Å². The monoisotopic (exact) mass is 403 g/mol. The molecule has 0 spiro atoms. The van der Waals surface area contributed by atoms with Crippen molar-refractivity contribution in [2.75, 3.05) is 6.54 Å². The third kappa shape index (κ3) is 4.85. The number of carbonyl (C=O) groups is 2. The first-order chi connectivity index (χ1) is 13.1. The van der Waals surface area contributed by atoms with Crippen LogP contribution in [0, 0.1) is 20.8 Å². The molecule has 2 aromatic rings. The molecule has 2 rings (SSSR count). The van der Waals surface area contributed by atoms with Crippen molar-refractivity contribution in [2.24, 2.45) is 0 Å². The van der Waals surface area contributed by atoms with Gasteiger partial charge >= 0.3 is 5.97 Å². The molecule has 150 valence electrons. The summed E-state index contributed by atoms with van der Waals surface area (Å²) in [7, 11) is -3.69. The van der Waals surface area contributed by atoms with Crippen LogP contribution in [0.25, 0.3) is 0 Å². The Morgan fingerprint density at radius 2 is 1.68 bits per heavy atom. The predicted molar refractivity (Wildman–Crippen MR) is 107 cm³/mol. The third-order valence-electron chi connectivity index (χ3n) is 4.47. The molecule has 6 nitrogen and oxygen atoms in total. The van der Waals surface area contributed by atoms with Crippen LogP contribution in [-0.4, -0.2) is 32.8 Å². The predicted octanol–water partition coefficient (Wildman–Crippen LogP) is 3.34. The van der Waals surface area contributed by atoms with E-state index >= 15 is 0 Å². The van der Waals surface area contributed by atoms with Gasteiger partial charge in [-0.2, -0.15) is 0 Å². The topological polar surface area (TPSA) is 89.5 Å². The van der Waals surface area contributed by atoms with Crippen molar-refractivity contribution < 1.29 is 22.7 Å². The zero-order chi connectivity index (χ0) is 21.1. The van der Waals surface area contributed by atoms with Gasteiger partial charge in [-0.1, -0.05) is 19.1 Å². The normalized spacial score (nSPS) is 12.5. The van der Waals surface area contributed by atoms with Crippen LogP contribution in [0.1, 0.15) is 51.3 Å². The van der Waals surface area contributed by atoms with E-state index in [0.29, 0.717) is 5.56 Å². The van der Waals surface area contributed by atoms with Crippen molar-refractivity contribution in [1.29, 1.82) is 0 Å². The van der Waals surface area contributed by atoms with E-state index in [2.05, 4.69) is 4.72 Å². The van der Waals surface area contributed by atoms with Crippen molar-refractivity contribution in [2.45, 2.75) is 45.6 Å². The molecule has 0 fully saturated rings. The summed E-state index contributed by atoms with van der Waals surface area (Å²) in [5.74, 6) is -1.05. The van der Waals surface area contributed by atoms with Crippen LogP contribution >= 0.6 is 0 Å². The molecule has 0 saturated heterocycles. The minimum Gasteiger partial charge on any atom is -0.451 e. The fourth-order valence-electron chi connectivity index (χ4n) is 2.79. The van der Waals surface area contributed by atoms with Gasteiger partial charge in [-0.25, -0.2) is 17.9 Å². The summed E-state index contributed by atoms with van der Waals surface area (Å²) in [5.41, 5.74) is 3.45. The second-order valence-corrected chi connectivity index (χ2v) is 8.46. The standard InChI is InChI=1S/C21H25NO5S/c1-6-22-28(25,26)18-9-7-8-17(12-18)21(24)27-16(5)20(23)19-11-14(3)13(2)10-15(19)4/h7-12,16,22H,6H2,1-5H3. The Morgan fingerprint density at radius 3 is 2.32 bits per heavy atom. The average molecular weight is 404 g/mol. The van der Waals surface area contributed by atoms with Gasteiger partial charge in [-0.15, -0.1) is 0 Å². The van der Waals surface area contributed by atoms with Gasteiger partial charge in [-0.05, 0) is 68.7 Å². The number of hydrogen-bond acceptors (Lipinski definition) is 5. The quantitative estimate of drug-likeness (QED) is 0.566. The van der Waals surface area contributed by atoms with Gasteiger partial charge < -0.3 is 4.74 Å². The minimum absolute atomic E-state index is 0.0345. The molecule has 7 heteroatoms. The average Bonchev–Trinajstić information content (AvgIpc) is 2.64. The summed E-state index contributed by atoms with van der Waals surface area (Å²) < 4.78 is 31.9. The van der Waals surface area contributed by atoms with E-state index in [4.69, 9.17) is 4.74 Å². The van der Waals surface area contributed by atoms with Crippen molar-refractivity contribution in [3.63, 3.8) is 0 Å². The maximum absolute atomic E-state index is 12.7. The van der Waals surface area contributed by atoms with Gasteiger partial charge in [0, 0.05) is 12.1 Å². The third-order valence-corrected chi connectivity index (χ3v) is 6.02. The number of esters is 1. The Balaban J connectivity index is 2.21. The number of ketones is 1. The number of carbonyl (C=O) groups excluding carboxylic acids is 2. The van der Waals surface area contributed by atoms with Gasteiger partial charge in [0.2, 0.25) is 15.8 Å². The highest BCUT2D eigenvalue weighted by Gasteiger charge is 2.23. The lowest BCUT2D eigenvalue weighted by Gasteiger charge is -2.15. The summed E-state index contributed by atoms with van der Waals surface area (Å²) in [6, 6.07) is 9.25. The van der Waals surface area contributed by atoms with Crippen LogP contribution in [0.4, 0.5) is 0 Å². The SMILES string of the molecule is CCNS(=O)(=O)c1cccc(C(=O)OC(C)C(=O)c2cc(C)c(C)cc2C)c1. The first kappa shape index (κ1) is 21.8. The molecular weight excluding hydrogens is 378 g/mol. The molecule has 0 aromatic heterocycles. The number of benzene rings is 2. The maximum Gasteiger partial charge on any atom is 0.338 e. The number of nitrogens with one attached hydrogen (secondary N) is 1. The van der Waals surface area contributed by atoms with Gasteiger partial charge in [0.05, 0.1) is 10.5 Å². The molecule has 0 amide bonds. The molecule has 1 unspecified atom stereocenters. The molecule has 2 aromatic carbocycles. The number of Topliss-reactive ketones (excluding diaryl/α,β-unsaturated/α-hetero) is 1. The van der Waals surface area contributed by atoms with Crippen LogP contribution in [0.5, 0.6) is 0 Å². The van der Waals surface area contributed by atoms with Crippen molar-refractivity contribution >= 4 is 21.8 Å². The van der Waals surface area contributed by atoms with E-state index < -0.39 is 22.1 Å². The lowest BCUT2D eigenvalue weighted by atomic mass is 9.96. The number of rotatable bonds is 7. The minimum atomic E-state index is -3.69. The number of hydrogen-bond donors (Lipinski definition) is 1. The smallest absolute Gasteiger partial charge is 0.338 e. The van der Waals surface area contributed by atoms with Gasteiger partial charge in [0.1, 0.15) is 0 Å². The Bertz CT molecular complexity index is 1010. The molecule has 1 N–H and O–H groups in total. The summed E-state index contributed by atoms with van der Waals surface area (Å²) >= 11 is 0. The number of aryl methyl sites for hydroxylation is 3. The molecular formula is C21H25NO5S. The largest absolute Gasteiger partial charge is 0.451 e. The Labute approximate surface area is 166 Å². The molecule has 0 saturated carbocycles. The van der Waals surface area contributed by atoms with Crippen LogP contribution in [0.15, 0.2) is 41.3 Å². The van der Waals surface area contributed by atoms with Crippen LogP contribution in [0.2, 0.25) is 0 Å². The highest BCUT2D eigenvalue weighted by atomic mass is 32.2. The highest BCUT2D eigenvalue weighted by molar-refractivity contribution is 7.89. The fourth-order valence-corrected chi connectivity index (χ4v) is 3.88. The van der Waals surface area contributed by atoms with E-state index in [1.54, 1.807) is 13.0 Å². The first-order valence-corrected chi connectivity index (χ1v) is 10.5. The lowest BCUT2D eigenvalue weighted by molar-refractivity contribution is 0.0318. The Kier molecular flexibility index (Phi) is 6.74. The van der Waals surface area contributed by atoms with E-state index in [9.17, 15) is 18.0 Å². The summed E-state index contributed by atoms with van der Waals surface area (Å²) in [6.07, 6.45) is -0.998. The first-order valence-electron chi connectivity index (χ1n) is 8.99. The van der Waals surface area contributed by atoms with Crippen molar-refractivity contribution in [3.05, 3.63) is 64.2 Å². The van der Waals surface area contributed by atoms with Crippen LogP contribution in [0.3, 0.4) is 0 Å². The molecule has 1 atom stereocenters. The van der Waals surface area contributed by atoms with Gasteiger partial charge in [0.25, 0.3) is 0 Å². The molecule has 0 aliphatic heterocycles. The van der Waals surface area contributed by atoms with Crippen LogP contribution < -0.4 is 4.72 Å². The summed E-state index contributed by atoms with van der Waals surface area (Å²) in [6.45, 7) is 9.12. The van der Waals surface area contributed by atoms with Crippen molar-refractivity contribution in [1.82, 2.24) is 4.72 Å². The zero-order valence-corrected chi connectivity index (χ0v) is 17.5. The number of sulfonamides is 1. The fraction of sp³-hybridized carbons (Fsp3) is 0.333. The maximum atomic E-state index is 12.7. The Hall–Kier alpha value is -2.51. The van der Waals surface area contributed by atoms with Crippen LogP contribution in [-0.2, 0) is 14.8 Å².